The van der Waals surface area contributed by atoms with Crippen LogP contribution in [-0.4, -0.2) is 53.8 Å². The fraction of sp³-hybridized carbons (Fsp3) is 0.455. The van der Waals surface area contributed by atoms with Crippen molar-refractivity contribution in [1.29, 1.82) is 0 Å². The van der Waals surface area contributed by atoms with Crippen LogP contribution in [0.15, 0.2) is 30.6 Å². The Morgan fingerprint density at radius 3 is 2.90 bits per heavy atom. The molecule has 0 amide bonds. The van der Waals surface area contributed by atoms with E-state index < -0.39 is 0 Å². The summed E-state index contributed by atoms with van der Waals surface area (Å²) in [6.45, 7) is 4.23. The predicted molar refractivity (Wildman–Crippen MR) is 109 cm³/mol. The third kappa shape index (κ3) is 2.96. The Bertz CT molecular complexity index is 1070. The van der Waals surface area contributed by atoms with Crippen molar-refractivity contribution >= 4 is 16.9 Å². The second-order valence-corrected chi connectivity index (χ2v) is 8.33. The van der Waals surface area contributed by atoms with Gasteiger partial charge in [0.2, 0.25) is 17.8 Å². The minimum absolute atomic E-state index is 0.361. The van der Waals surface area contributed by atoms with Crippen LogP contribution < -0.4 is 15.0 Å². The number of benzene rings is 1. The average Bonchev–Trinajstić information content (AvgIpc) is 3.53. The molecule has 0 unspecified atom stereocenters. The highest BCUT2D eigenvalue weighted by molar-refractivity contribution is 5.85. The zero-order chi connectivity index (χ0) is 19.4. The summed E-state index contributed by atoms with van der Waals surface area (Å²) in [4.78, 5) is 10.6. The number of aromatic nitrogens is 3. The first-order valence-corrected chi connectivity index (χ1v) is 10.5. The number of morpholine rings is 1. The van der Waals surface area contributed by atoms with Gasteiger partial charge in [-0.15, -0.1) is 0 Å². The molecule has 3 aromatic rings. The minimum Gasteiger partial charge on any atom is -0.492 e. The van der Waals surface area contributed by atoms with Gasteiger partial charge in [-0.05, 0) is 43.4 Å². The molecule has 1 aliphatic carbocycles. The fourth-order valence-corrected chi connectivity index (χ4v) is 4.65. The maximum absolute atomic E-state index is 6.63. The van der Waals surface area contributed by atoms with E-state index in [1.807, 2.05) is 17.0 Å². The van der Waals surface area contributed by atoms with Crippen molar-refractivity contribution in [2.45, 2.75) is 31.2 Å². The van der Waals surface area contributed by atoms with E-state index in [2.05, 4.69) is 33.1 Å². The maximum atomic E-state index is 6.63. The van der Waals surface area contributed by atoms with E-state index in [-0.39, 0.29) is 0 Å². The van der Waals surface area contributed by atoms with E-state index in [1.165, 1.54) is 24.1 Å². The number of aromatic amines is 1. The van der Waals surface area contributed by atoms with Gasteiger partial charge in [0, 0.05) is 30.4 Å². The molecule has 1 atom stereocenters. The Balaban J connectivity index is 1.39. The molecule has 3 N–H and O–H groups in total. The van der Waals surface area contributed by atoms with Crippen molar-refractivity contribution in [3.8, 4) is 11.4 Å². The number of nitrogens with zero attached hydrogens (tertiary/aromatic N) is 3. The molecule has 2 aliphatic heterocycles. The highest BCUT2D eigenvalue weighted by atomic mass is 16.5. The number of H-pyrrole nitrogens is 1. The maximum Gasteiger partial charge on any atom is 0.236 e. The van der Waals surface area contributed by atoms with E-state index in [9.17, 15) is 0 Å². The summed E-state index contributed by atoms with van der Waals surface area (Å²) in [6, 6.07) is 8.74. The minimum atomic E-state index is 0.361. The van der Waals surface area contributed by atoms with E-state index in [0.717, 1.165) is 67.6 Å². The van der Waals surface area contributed by atoms with Crippen LogP contribution in [0.4, 0.5) is 5.82 Å². The van der Waals surface area contributed by atoms with Gasteiger partial charge >= 0.3 is 0 Å². The Kier molecular flexibility index (Phi) is 3.99. The topological polar surface area (TPSA) is 80.3 Å². The molecule has 2 fully saturated rings. The van der Waals surface area contributed by atoms with Crippen molar-refractivity contribution in [3.05, 3.63) is 41.9 Å². The van der Waals surface area contributed by atoms with Crippen molar-refractivity contribution in [1.82, 2.24) is 14.9 Å². The Hall–Kier alpha value is -2.64. The SMILES string of the molecule is Nc1c2cc(C3CC3)[nH]c2nc[n+]1-c1cccc2c1C[C@H](N1CCOCC1)CO2. The third-order valence-corrected chi connectivity index (χ3v) is 6.47. The van der Waals surface area contributed by atoms with Gasteiger partial charge in [0.25, 0.3) is 0 Å². The summed E-state index contributed by atoms with van der Waals surface area (Å²) in [5.41, 5.74) is 11.0. The van der Waals surface area contributed by atoms with Crippen LogP contribution in [-0.2, 0) is 11.2 Å². The molecule has 1 saturated heterocycles. The summed E-state index contributed by atoms with van der Waals surface area (Å²) in [5.74, 6) is 2.32. The standard InChI is InChI=1S/C22H25N5O2/c23-21-17-11-18(14-4-5-14)25-22(17)24-13-27(21)19-2-1-3-20-16(19)10-15(12-29-20)26-6-8-28-9-7-26/h1-3,11,13-15H,4-10,12H2,(H2,23,25)/p+1/t15-/m0/s1. The van der Waals surface area contributed by atoms with Crippen molar-refractivity contribution in [2.75, 3.05) is 38.6 Å². The molecule has 150 valence electrons. The second-order valence-electron chi connectivity index (χ2n) is 8.33. The molecular weight excluding hydrogens is 366 g/mol. The first-order chi connectivity index (χ1) is 14.3. The van der Waals surface area contributed by atoms with Crippen LogP contribution >= 0.6 is 0 Å². The fourth-order valence-electron chi connectivity index (χ4n) is 4.65. The van der Waals surface area contributed by atoms with Crippen LogP contribution in [0.5, 0.6) is 5.75 Å². The molecule has 7 nitrogen and oxygen atoms in total. The molecule has 1 saturated carbocycles. The van der Waals surface area contributed by atoms with Gasteiger partial charge in [0.1, 0.15) is 23.4 Å². The molecule has 0 bridgehead atoms. The van der Waals surface area contributed by atoms with Gasteiger partial charge in [-0.2, -0.15) is 0 Å². The largest absolute Gasteiger partial charge is 0.492 e. The quantitative estimate of drug-likeness (QED) is 0.666. The molecule has 29 heavy (non-hydrogen) atoms. The number of fused-ring (bicyclic) bond motifs is 2. The molecule has 0 radical (unpaired) electrons. The molecular formula is C22H26N5O2+. The molecule has 6 rings (SSSR count). The van der Waals surface area contributed by atoms with Gasteiger partial charge < -0.3 is 20.2 Å². The lowest BCUT2D eigenvalue weighted by Crippen LogP contribution is -2.49. The van der Waals surface area contributed by atoms with Crippen LogP contribution in [0.3, 0.4) is 0 Å². The zero-order valence-electron chi connectivity index (χ0n) is 16.4. The number of nitrogen functional groups attached to an aromatic ring is 1. The Morgan fingerprint density at radius 2 is 2.07 bits per heavy atom. The monoisotopic (exact) mass is 392 g/mol. The number of nitrogens with one attached hydrogen (secondary N) is 1. The molecule has 7 heteroatoms. The number of hydrogen-bond donors (Lipinski definition) is 2. The van der Waals surface area contributed by atoms with Gasteiger partial charge in [-0.25, -0.2) is 4.57 Å². The molecule has 4 heterocycles. The average molecular weight is 392 g/mol. The van der Waals surface area contributed by atoms with E-state index in [0.29, 0.717) is 12.0 Å². The number of hydrogen-bond acceptors (Lipinski definition) is 5. The summed E-state index contributed by atoms with van der Waals surface area (Å²) >= 11 is 0. The summed E-state index contributed by atoms with van der Waals surface area (Å²) in [5, 5.41) is 0.994. The summed E-state index contributed by atoms with van der Waals surface area (Å²) in [7, 11) is 0. The Labute approximate surface area is 169 Å². The lowest BCUT2D eigenvalue weighted by Gasteiger charge is -2.37. The highest BCUT2D eigenvalue weighted by Crippen LogP contribution is 2.40. The normalized spacial score (nSPS) is 22.4. The number of nitrogens with two attached hydrogens (primary N) is 1. The van der Waals surface area contributed by atoms with E-state index in [1.54, 1.807) is 0 Å². The lowest BCUT2D eigenvalue weighted by atomic mass is 9.99. The van der Waals surface area contributed by atoms with Crippen LogP contribution in [0.25, 0.3) is 16.7 Å². The van der Waals surface area contributed by atoms with Gasteiger partial charge in [-0.3, -0.25) is 4.90 Å². The van der Waals surface area contributed by atoms with Gasteiger partial charge in [-0.1, -0.05) is 11.1 Å². The number of ether oxygens (including phenoxy) is 2. The van der Waals surface area contributed by atoms with Crippen molar-refractivity contribution in [3.63, 3.8) is 0 Å². The number of rotatable bonds is 3. The smallest absolute Gasteiger partial charge is 0.236 e. The van der Waals surface area contributed by atoms with Crippen LogP contribution in [0.2, 0.25) is 0 Å². The van der Waals surface area contributed by atoms with Crippen LogP contribution in [0, 0.1) is 0 Å². The Morgan fingerprint density at radius 1 is 1.21 bits per heavy atom. The van der Waals surface area contributed by atoms with Gasteiger partial charge in [0.15, 0.2) is 0 Å². The first kappa shape index (κ1) is 17.2. The van der Waals surface area contributed by atoms with Crippen molar-refractivity contribution < 1.29 is 14.0 Å². The molecule has 0 spiro atoms. The van der Waals surface area contributed by atoms with Crippen molar-refractivity contribution in [2.24, 2.45) is 0 Å². The van der Waals surface area contributed by atoms with E-state index in [4.69, 9.17) is 15.2 Å². The lowest BCUT2D eigenvalue weighted by molar-refractivity contribution is -0.582. The zero-order valence-corrected chi connectivity index (χ0v) is 16.4. The molecule has 3 aliphatic rings. The first-order valence-electron chi connectivity index (χ1n) is 10.5. The summed E-state index contributed by atoms with van der Waals surface area (Å²) < 4.78 is 13.7. The second kappa shape index (κ2) is 6.71. The van der Waals surface area contributed by atoms with Gasteiger partial charge in [0.05, 0.1) is 13.2 Å². The predicted octanol–water partition coefficient (Wildman–Crippen LogP) is 1.93. The van der Waals surface area contributed by atoms with Crippen LogP contribution in [0.1, 0.15) is 30.0 Å². The number of anilines is 1. The molecule has 1 aromatic carbocycles. The summed E-state index contributed by atoms with van der Waals surface area (Å²) in [6.07, 6.45) is 5.27. The van der Waals surface area contributed by atoms with E-state index >= 15 is 0 Å². The third-order valence-electron chi connectivity index (χ3n) is 6.47. The molecule has 2 aromatic heterocycles. The highest BCUT2D eigenvalue weighted by Gasteiger charge is 2.31.